The summed E-state index contributed by atoms with van der Waals surface area (Å²) in [5, 5.41) is 0.569. The summed E-state index contributed by atoms with van der Waals surface area (Å²) in [4.78, 5) is 15.1. The molecule has 0 aliphatic rings. The van der Waals surface area contributed by atoms with Gasteiger partial charge < -0.3 is 4.90 Å². The fourth-order valence-electron chi connectivity index (χ4n) is 1.64. The molecule has 0 aromatic heterocycles. The SMILES string of the molecule is CCN(CC)C(=O)c1ccc(SC(C)C)cc1. The van der Waals surface area contributed by atoms with Gasteiger partial charge >= 0.3 is 0 Å². The number of rotatable bonds is 5. The third kappa shape index (κ3) is 4.08. The summed E-state index contributed by atoms with van der Waals surface area (Å²) in [6.45, 7) is 9.86. The lowest BCUT2D eigenvalue weighted by molar-refractivity contribution is 0.0773. The maximum atomic E-state index is 12.1. The predicted molar refractivity (Wildman–Crippen MR) is 74.7 cm³/mol. The summed E-state index contributed by atoms with van der Waals surface area (Å²) in [6, 6.07) is 7.90. The molecular weight excluding hydrogens is 230 g/mol. The molecule has 0 aliphatic heterocycles. The van der Waals surface area contributed by atoms with E-state index in [9.17, 15) is 4.79 Å². The van der Waals surface area contributed by atoms with Crippen LogP contribution in [0.4, 0.5) is 0 Å². The molecule has 0 radical (unpaired) electrons. The molecule has 0 saturated heterocycles. The van der Waals surface area contributed by atoms with Crippen molar-refractivity contribution in [1.82, 2.24) is 4.90 Å². The molecule has 0 aliphatic carbocycles. The van der Waals surface area contributed by atoms with Gasteiger partial charge in [0.1, 0.15) is 0 Å². The summed E-state index contributed by atoms with van der Waals surface area (Å²) in [5.74, 6) is 0.121. The summed E-state index contributed by atoms with van der Waals surface area (Å²) in [5.41, 5.74) is 0.779. The lowest BCUT2D eigenvalue weighted by Crippen LogP contribution is -2.30. The molecule has 1 aromatic carbocycles. The minimum Gasteiger partial charge on any atom is -0.339 e. The lowest BCUT2D eigenvalue weighted by Gasteiger charge is -2.18. The molecule has 94 valence electrons. The van der Waals surface area contributed by atoms with Crippen LogP contribution in [0, 0.1) is 0 Å². The van der Waals surface area contributed by atoms with Gasteiger partial charge in [-0.1, -0.05) is 13.8 Å². The number of hydrogen-bond acceptors (Lipinski definition) is 2. The van der Waals surface area contributed by atoms with Gasteiger partial charge in [-0.05, 0) is 38.1 Å². The first kappa shape index (κ1) is 14.1. The molecular formula is C14H21NOS. The number of carbonyl (C=O) groups is 1. The second-order valence-electron chi connectivity index (χ2n) is 4.17. The van der Waals surface area contributed by atoms with E-state index in [1.807, 2.05) is 54.8 Å². The molecule has 0 atom stereocenters. The van der Waals surface area contributed by atoms with Crippen LogP contribution in [0.1, 0.15) is 38.1 Å². The summed E-state index contributed by atoms with van der Waals surface area (Å²) >= 11 is 1.81. The van der Waals surface area contributed by atoms with Crippen LogP contribution in [0.15, 0.2) is 29.2 Å². The highest BCUT2D eigenvalue weighted by atomic mass is 32.2. The van der Waals surface area contributed by atoms with Gasteiger partial charge in [0.25, 0.3) is 5.91 Å². The third-order valence-corrected chi connectivity index (χ3v) is 3.54. The largest absolute Gasteiger partial charge is 0.339 e. The standard InChI is InChI=1S/C14H21NOS/c1-5-15(6-2)14(16)12-7-9-13(10-8-12)17-11(3)4/h7-11H,5-6H2,1-4H3. The van der Waals surface area contributed by atoms with E-state index in [0.717, 1.165) is 18.7 Å². The van der Waals surface area contributed by atoms with Crippen LogP contribution < -0.4 is 0 Å². The highest BCUT2D eigenvalue weighted by Crippen LogP contribution is 2.23. The molecule has 3 heteroatoms. The average Bonchev–Trinajstić information content (AvgIpc) is 2.30. The normalized spacial score (nSPS) is 10.6. The van der Waals surface area contributed by atoms with Crippen molar-refractivity contribution in [2.75, 3.05) is 13.1 Å². The Morgan fingerprint density at radius 1 is 1.18 bits per heavy atom. The van der Waals surface area contributed by atoms with Crippen molar-refractivity contribution in [2.45, 2.75) is 37.8 Å². The van der Waals surface area contributed by atoms with Crippen molar-refractivity contribution in [3.05, 3.63) is 29.8 Å². The number of thioether (sulfide) groups is 1. The maximum absolute atomic E-state index is 12.1. The van der Waals surface area contributed by atoms with E-state index in [2.05, 4.69) is 13.8 Å². The number of hydrogen-bond donors (Lipinski definition) is 0. The molecule has 0 N–H and O–H groups in total. The second kappa shape index (κ2) is 6.70. The molecule has 17 heavy (non-hydrogen) atoms. The van der Waals surface area contributed by atoms with Gasteiger partial charge in [0.15, 0.2) is 0 Å². The quantitative estimate of drug-likeness (QED) is 0.744. The first-order valence-electron chi connectivity index (χ1n) is 6.14. The van der Waals surface area contributed by atoms with Gasteiger partial charge in [-0.3, -0.25) is 4.79 Å². The first-order chi connectivity index (χ1) is 8.08. The molecule has 0 saturated carbocycles. The Morgan fingerprint density at radius 3 is 2.12 bits per heavy atom. The zero-order valence-corrected chi connectivity index (χ0v) is 11.9. The average molecular weight is 251 g/mol. The minimum atomic E-state index is 0.121. The van der Waals surface area contributed by atoms with E-state index < -0.39 is 0 Å². The number of benzene rings is 1. The minimum absolute atomic E-state index is 0.121. The molecule has 1 rings (SSSR count). The van der Waals surface area contributed by atoms with Crippen molar-refractivity contribution in [2.24, 2.45) is 0 Å². The Labute approximate surface area is 108 Å². The van der Waals surface area contributed by atoms with Crippen molar-refractivity contribution >= 4 is 17.7 Å². The monoisotopic (exact) mass is 251 g/mol. The van der Waals surface area contributed by atoms with Crippen molar-refractivity contribution in [1.29, 1.82) is 0 Å². The first-order valence-corrected chi connectivity index (χ1v) is 7.02. The molecule has 0 bridgehead atoms. The van der Waals surface area contributed by atoms with E-state index in [-0.39, 0.29) is 5.91 Å². The third-order valence-electron chi connectivity index (χ3n) is 2.52. The summed E-state index contributed by atoms with van der Waals surface area (Å²) in [6.07, 6.45) is 0. The van der Waals surface area contributed by atoms with Gasteiger partial charge in [-0.25, -0.2) is 0 Å². The predicted octanol–water partition coefficient (Wildman–Crippen LogP) is 3.67. The molecule has 1 aromatic rings. The topological polar surface area (TPSA) is 20.3 Å². The molecule has 0 spiro atoms. The Morgan fingerprint density at radius 2 is 1.71 bits per heavy atom. The van der Waals surface area contributed by atoms with Crippen LogP contribution in [-0.2, 0) is 0 Å². The second-order valence-corrected chi connectivity index (χ2v) is 5.82. The van der Waals surface area contributed by atoms with E-state index in [0.29, 0.717) is 5.25 Å². The van der Waals surface area contributed by atoms with Crippen molar-refractivity contribution in [3.8, 4) is 0 Å². The fourth-order valence-corrected chi connectivity index (χ4v) is 2.48. The van der Waals surface area contributed by atoms with E-state index in [1.165, 1.54) is 4.90 Å². The van der Waals surface area contributed by atoms with Crippen LogP contribution in [0.3, 0.4) is 0 Å². The number of nitrogens with zero attached hydrogens (tertiary/aromatic N) is 1. The van der Waals surface area contributed by atoms with Crippen LogP contribution in [0.25, 0.3) is 0 Å². The zero-order chi connectivity index (χ0) is 12.8. The zero-order valence-electron chi connectivity index (χ0n) is 11.1. The van der Waals surface area contributed by atoms with Gasteiger partial charge in [-0.15, -0.1) is 11.8 Å². The number of carbonyl (C=O) groups excluding carboxylic acids is 1. The molecule has 0 heterocycles. The Hall–Kier alpha value is -0.960. The van der Waals surface area contributed by atoms with E-state index >= 15 is 0 Å². The van der Waals surface area contributed by atoms with Gasteiger partial charge in [-0.2, -0.15) is 0 Å². The molecule has 2 nitrogen and oxygen atoms in total. The Balaban J connectivity index is 2.76. The van der Waals surface area contributed by atoms with Gasteiger partial charge in [0.05, 0.1) is 0 Å². The Bertz CT molecular complexity index is 355. The van der Waals surface area contributed by atoms with Crippen molar-refractivity contribution < 1.29 is 4.79 Å². The Kier molecular flexibility index (Phi) is 5.56. The van der Waals surface area contributed by atoms with Gasteiger partial charge in [0.2, 0.25) is 0 Å². The lowest BCUT2D eigenvalue weighted by atomic mass is 10.2. The van der Waals surface area contributed by atoms with Crippen LogP contribution in [0.2, 0.25) is 0 Å². The van der Waals surface area contributed by atoms with Crippen molar-refractivity contribution in [3.63, 3.8) is 0 Å². The van der Waals surface area contributed by atoms with Crippen LogP contribution in [0.5, 0.6) is 0 Å². The molecule has 0 fully saturated rings. The summed E-state index contributed by atoms with van der Waals surface area (Å²) in [7, 11) is 0. The van der Waals surface area contributed by atoms with Crippen LogP contribution >= 0.6 is 11.8 Å². The summed E-state index contributed by atoms with van der Waals surface area (Å²) < 4.78 is 0. The van der Waals surface area contributed by atoms with Gasteiger partial charge in [0, 0.05) is 28.8 Å². The van der Waals surface area contributed by atoms with E-state index in [1.54, 1.807) is 0 Å². The fraction of sp³-hybridized carbons (Fsp3) is 0.500. The maximum Gasteiger partial charge on any atom is 0.253 e. The molecule has 1 amide bonds. The highest BCUT2D eigenvalue weighted by molar-refractivity contribution is 7.99. The highest BCUT2D eigenvalue weighted by Gasteiger charge is 2.11. The molecule has 0 unspecified atom stereocenters. The van der Waals surface area contributed by atoms with E-state index in [4.69, 9.17) is 0 Å². The van der Waals surface area contributed by atoms with Crippen LogP contribution in [-0.4, -0.2) is 29.1 Å². The number of amides is 1. The smallest absolute Gasteiger partial charge is 0.253 e.